The molecule has 3 N–H and O–H groups in total. The molecular weight excluding hydrogens is 118 g/mol. The van der Waals surface area contributed by atoms with Gasteiger partial charge in [-0.05, 0) is 0 Å². The van der Waals surface area contributed by atoms with Crippen molar-refractivity contribution < 1.29 is 4.79 Å². The first-order valence-corrected chi connectivity index (χ1v) is 2.84. The van der Waals surface area contributed by atoms with Gasteiger partial charge >= 0.3 is 0 Å². The van der Waals surface area contributed by atoms with E-state index < -0.39 is 5.91 Å². The molecule has 1 aliphatic rings. The van der Waals surface area contributed by atoms with Gasteiger partial charge < -0.3 is 11.1 Å². The standard InChI is InChI=1S/C5H9N3O/c6-5(9)4-3-7-1-2-8-4/h7H,1-3H2,(H2,6,9). The van der Waals surface area contributed by atoms with Crippen LogP contribution in [0.5, 0.6) is 0 Å². The summed E-state index contributed by atoms with van der Waals surface area (Å²) in [5.74, 6) is -0.415. The van der Waals surface area contributed by atoms with Gasteiger partial charge in [-0.15, -0.1) is 0 Å². The number of amides is 1. The second-order valence-electron chi connectivity index (χ2n) is 1.87. The number of primary amides is 1. The SMILES string of the molecule is NC(=O)C1=NCCNC1. The molecule has 0 saturated heterocycles. The summed E-state index contributed by atoms with van der Waals surface area (Å²) < 4.78 is 0. The molecule has 1 aliphatic heterocycles. The van der Waals surface area contributed by atoms with Gasteiger partial charge in [0.1, 0.15) is 5.71 Å². The fourth-order valence-electron chi connectivity index (χ4n) is 0.698. The van der Waals surface area contributed by atoms with Crippen LogP contribution in [0.1, 0.15) is 0 Å². The minimum Gasteiger partial charge on any atom is -0.365 e. The van der Waals surface area contributed by atoms with E-state index in [4.69, 9.17) is 5.73 Å². The maximum absolute atomic E-state index is 10.4. The van der Waals surface area contributed by atoms with Crippen molar-refractivity contribution in [3.8, 4) is 0 Å². The summed E-state index contributed by atoms with van der Waals surface area (Å²) in [6.45, 7) is 2.03. The van der Waals surface area contributed by atoms with E-state index in [-0.39, 0.29) is 0 Å². The topological polar surface area (TPSA) is 67.5 Å². The summed E-state index contributed by atoms with van der Waals surface area (Å²) in [5, 5.41) is 2.98. The van der Waals surface area contributed by atoms with Gasteiger partial charge in [-0.1, -0.05) is 0 Å². The van der Waals surface area contributed by atoms with E-state index in [1.54, 1.807) is 0 Å². The van der Waals surface area contributed by atoms with Crippen LogP contribution in [0.15, 0.2) is 4.99 Å². The fraction of sp³-hybridized carbons (Fsp3) is 0.600. The molecule has 0 saturated carbocycles. The average molecular weight is 127 g/mol. The van der Waals surface area contributed by atoms with Gasteiger partial charge in [0.15, 0.2) is 0 Å². The highest BCUT2D eigenvalue weighted by atomic mass is 16.1. The Labute approximate surface area is 53.1 Å². The number of rotatable bonds is 1. The lowest BCUT2D eigenvalue weighted by atomic mass is 10.3. The van der Waals surface area contributed by atoms with Crippen LogP contribution in [0.3, 0.4) is 0 Å². The maximum Gasteiger partial charge on any atom is 0.263 e. The molecular formula is C5H9N3O. The van der Waals surface area contributed by atoms with Crippen LogP contribution >= 0.6 is 0 Å². The fourth-order valence-corrected chi connectivity index (χ4v) is 0.698. The van der Waals surface area contributed by atoms with E-state index in [2.05, 4.69) is 10.3 Å². The highest BCUT2D eigenvalue weighted by molar-refractivity contribution is 6.39. The van der Waals surface area contributed by atoms with E-state index in [0.29, 0.717) is 18.8 Å². The van der Waals surface area contributed by atoms with Crippen molar-refractivity contribution in [3.05, 3.63) is 0 Å². The molecule has 0 aromatic rings. The van der Waals surface area contributed by atoms with Gasteiger partial charge in [0, 0.05) is 13.1 Å². The molecule has 0 spiro atoms. The first-order chi connectivity index (χ1) is 4.30. The monoisotopic (exact) mass is 127 g/mol. The van der Waals surface area contributed by atoms with Crippen molar-refractivity contribution >= 4 is 11.6 Å². The number of aliphatic imine (C=N–C) groups is 1. The normalized spacial score (nSPS) is 18.9. The van der Waals surface area contributed by atoms with Crippen LogP contribution in [-0.2, 0) is 4.79 Å². The van der Waals surface area contributed by atoms with Crippen molar-refractivity contribution in [1.82, 2.24) is 5.32 Å². The number of hydrogen-bond donors (Lipinski definition) is 2. The largest absolute Gasteiger partial charge is 0.365 e. The highest BCUT2D eigenvalue weighted by Gasteiger charge is 2.08. The van der Waals surface area contributed by atoms with Gasteiger partial charge in [-0.3, -0.25) is 9.79 Å². The van der Waals surface area contributed by atoms with Gasteiger partial charge in [0.2, 0.25) is 0 Å². The van der Waals surface area contributed by atoms with Crippen LogP contribution in [0.25, 0.3) is 0 Å². The molecule has 9 heavy (non-hydrogen) atoms. The second-order valence-corrected chi connectivity index (χ2v) is 1.87. The smallest absolute Gasteiger partial charge is 0.263 e. The zero-order valence-electron chi connectivity index (χ0n) is 5.05. The van der Waals surface area contributed by atoms with Crippen LogP contribution in [0.4, 0.5) is 0 Å². The molecule has 0 unspecified atom stereocenters. The molecule has 0 atom stereocenters. The number of hydrogen-bond acceptors (Lipinski definition) is 3. The first kappa shape index (κ1) is 6.22. The van der Waals surface area contributed by atoms with Gasteiger partial charge in [-0.25, -0.2) is 0 Å². The minimum atomic E-state index is -0.415. The Balaban J connectivity index is 2.57. The molecule has 0 bridgehead atoms. The lowest BCUT2D eigenvalue weighted by Gasteiger charge is -2.09. The number of carbonyl (C=O) groups is 1. The third kappa shape index (κ3) is 1.50. The van der Waals surface area contributed by atoms with Crippen molar-refractivity contribution in [3.63, 3.8) is 0 Å². The van der Waals surface area contributed by atoms with Crippen LogP contribution in [-0.4, -0.2) is 31.3 Å². The van der Waals surface area contributed by atoms with E-state index in [0.717, 1.165) is 6.54 Å². The molecule has 0 aromatic heterocycles. The molecule has 0 radical (unpaired) electrons. The van der Waals surface area contributed by atoms with E-state index in [1.165, 1.54) is 0 Å². The van der Waals surface area contributed by atoms with Gasteiger partial charge in [-0.2, -0.15) is 0 Å². The quantitative estimate of drug-likeness (QED) is 0.451. The summed E-state index contributed by atoms with van der Waals surface area (Å²) >= 11 is 0. The molecule has 1 amide bonds. The molecule has 1 rings (SSSR count). The molecule has 4 nitrogen and oxygen atoms in total. The van der Waals surface area contributed by atoms with Crippen LogP contribution in [0.2, 0.25) is 0 Å². The Hall–Kier alpha value is -0.900. The molecule has 4 heteroatoms. The van der Waals surface area contributed by atoms with E-state index in [9.17, 15) is 4.79 Å². The number of nitrogens with one attached hydrogen (secondary N) is 1. The number of nitrogens with zero attached hydrogens (tertiary/aromatic N) is 1. The summed E-state index contributed by atoms with van der Waals surface area (Å²) in [4.78, 5) is 14.3. The van der Waals surface area contributed by atoms with Crippen molar-refractivity contribution in [2.24, 2.45) is 10.7 Å². The predicted molar refractivity (Wildman–Crippen MR) is 34.4 cm³/mol. The summed E-state index contributed by atoms with van der Waals surface area (Å²) in [6.07, 6.45) is 0. The number of carbonyl (C=O) groups excluding carboxylic acids is 1. The van der Waals surface area contributed by atoms with Gasteiger partial charge in [0.25, 0.3) is 5.91 Å². The van der Waals surface area contributed by atoms with Crippen molar-refractivity contribution in [1.29, 1.82) is 0 Å². The third-order valence-electron chi connectivity index (χ3n) is 1.17. The van der Waals surface area contributed by atoms with E-state index >= 15 is 0 Å². The lowest BCUT2D eigenvalue weighted by molar-refractivity contribution is -0.112. The van der Waals surface area contributed by atoms with Crippen LogP contribution < -0.4 is 11.1 Å². The molecule has 0 fully saturated rings. The second kappa shape index (κ2) is 2.59. The number of nitrogens with two attached hydrogens (primary N) is 1. The van der Waals surface area contributed by atoms with Gasteiger partial charge in [0.05, 0.1) is 6.54 Å². The van der Waals surface area contributed by atoms with Crippen molar-refractivity contribution in [2.75, 3.05) is 19.6 Å². The molecule has 1 heterocycles. The average Bonchev–Trinajstić information content (AvgIpc) is 1.90. The molecule has 50 valence electrons. The maximum atomic E-state index is 10.4. The predicted octanol–water partition coefficient (Wildman–Crippen LogP) is -1.48. The van der Waals surface area contributed by atoms with E-state index in [1.807, 2.05) is 0 Å². The lowest BCUT2D eigenvalue weighted by Crippen LogP contribution is -2.38. The Morgan fingerprint density at radius 2 is 2.56 bits per heavy atom. The minimum absolute atomic E-state index is 0.415. The zero-order valence-corrected chi connectivity index (χ0v) is 5.05. The summed E-state index contributed by atoms with van der Waals surface area (Å²) in [6, 6.07) is 0. The van der Waals surface area contributed by atoms with Crippen molar-refractivity contribution in [2.45, 2.75) is 0 Å². The summed E-state index contributed by atoms with van der Waals surface area (Å²) in [5.41, 5.74) is 5.42. The first-order valence-electron chi connectivity index (χ1n) is 2.84. The zero-order chi connectivity index (χ0) is 6.69. The molecule has 0 aromatic carbocycles. The Kier molecular flexibility index (Phi) is 1.79. The van der Waals surface area contributed by atoms with Crippen LogP contribution in [0, 0.1) is 0 Å². The third-order valence-corrected chi connectivity index (χ3v) is 1.17. The summed E-state index contributed by atoms with van der Waals surface area (Å²) in [7, 11) is 0. The molecule has 0 aliphatic carbocycles. The Morgan fingerprint density at radius 1 is 1.78 bits per heavy atom. The Bertz CT molecular complexity index is 152. The highest BCUT2D eigenvalue weighted by Crippen LogP contribution is 1.82. The Morgan fingerprint density at radius 3 is 2.89 bits per heavy atom.